The Kier molecular flexibility index (Phi) is 6.64. The average molecular weight is 589 g/mol. The summed E-state index contributed by atoms with van der Waals surface area (Å²) < 4.78 is 0. The van der Waals surface area contributed by atoms with Crippen molar-refractivity contribution in [1.82, 2.24) is 0 Å². The van der Waals surface area contributed by atoms with Crippen LogP contribution >= 0.6 is 12.6 Å². The Hall–Kier alpha value is -5.13. The molecule has 44 heavy (non-hydrogen) atoms. The van der Waals surface area contributed by atoms with E-state index < -0.39 is 0 Å². The number of rotatable bonds is 4. The van der Waals surface area contributed by atoms with Crippen molar-refractivity contribution in [1.29, 1.82) is 0 Å². The molecule has 0 spiro atoms. The van der Waals surface area contributed by atoms with Gasteiger partial charge in [-0.05, 0) is 128 Å². The van der Waals surface area contributed by atoms with Crippen LogP contribution in [0, 0.1) is 20.8 Å². The van der Waals surface area contributed by atoms with Gasteiger partial charge >= 0.3 is 0 Å². The average Bonchev–Trinajstić information content (AvgIpc) is 3.01. The van der Waals surface area contributed by atoms with Crippen LogP contribution < -0.4 is 21.5 Å². The molecule has 7 aromatic rings. The second-order valence-electron chi connectivity index (χ2n) is 11.5. The van der Waals surface area contributed by atoms with Gasteiger partial charge in [0, 0.05) is 21.7 Å². The first kappa shape index (κ1) is 27.7. The molecule has 0 aliphatic heterocycles. The van der Waals surface area contributed by atoms with Gasteiger partial charge in [-0.2, -0.15) is 5.11 Å². The quantitative estimate of drug-likeness (QED) is 0.0829. The van der Waals surface area contributed by atoms with Crippen LogP contribution in [0.25, 0.3) is 56.2 Å². The molecule has 7 rings (SSSR count). The van der Waals surface area contributed by atoms with Gasteiger partial charge in [-0.15, -0.1) is 17.7 Å². The summed E-state index contributed by atoms with van der Waals surface area (Å²) >= 11 is 4.80. The normalized spacial score (nSPS) is 11.8. The van der Waals surface area contributed by atoms with E-state index in [1.807, 2.05) is 18.2 Å². The number of anilines is 3. The number of benzene rings is 7. The smallest absolute Gasteiger partial charge is 0.0921 e. The van der Waals surface area contributed by atoms with Gasteiger partial charge in [0.2, 0.25) is 0 Å². The lowest BCUT2D eigenvalue weighted by Gasteiger charge is -2.17. The van der Waals surface area contributed by atoms with Crippen molar-refractivity contribution < 1.29 is 0 Å². The van der Waals surface area contributed by atoms with E-state index in [2.05, 4.69) is 117 Å². The van der Waals surface area contributed by atoms with Gasteiger partial charge in [0.1, 0.15) is 0 Å². The van der Waals surface area contributed by atoms with Crippen LogP contribution in [0.2, 0.25) is 0 Å². The molecule has 0 saturated carbocycles. The Morgan fingerprint density at radius 3 is 2.16 bits per heavy atom. The number of aryl methyl sites for hydroxylation is 3. The van der Waals surface area contributed by atoms with Gasteiger partial charge in [-0.1, -0.05) is 61.7 Å². The predicted molar refractivity (Wildman–Crippen MR) is 193 cm³/mol. The monoisotopic (exact) mass is 588 g/mol. The number of nitrogens with zero attached hydrogens (tertiary/aromatic N) is 2. The fraction of sp³-hybridized carbons (Fsp3) is 0.0769. The minimum absolute atomic E-state index is 0.754. The van der Waals surface area contributed by atoms with Gasteiger partial charge in [-0.25, -0.2) is 0 Å². The SMILES string of the molecule is C=c1c2ccc(Nc3c(S)cc4cccc(N)c4c3C)cc2c(=C)c2ccc(N=Nc3c(C)cc4ccccc4c3C)cc12. The Balaban J connectivity index is 1.28. The van der Waals surface area contributed by atoms with Crippen LogP contribution in [-0.2, 0) is 0 Å². The summed E-state index contributed by atoms with van der Waals surface area (Å²) in [6, 6.07) is 31.0. The maximum absolute atomic E-state index is 6.34. The highest BCUT2D eigenvalue weighted by Gasteiger charge is 2.13. The summed E-state index contributed by atoms with van der Waals surface area (Å²) in [4.78, 5) is 0.864. The van der Waals surface area contributed by atoms with Gasteiger partial charge in [0.05, 0.1) is 17.1 Å². The molecule has 0 fully saturated rings. The summed E-state index contributed by atoms with van der Waals surface area (Å²) in [5.41, 5.74) is 14.0. The molecule has 214 valence electrons. The van der Waals surface area contributed by atoms with Gasteiger partial charge in [0.25, 0.3) is 0 Å². The van der Waals surface area contributed by atoms with E-state index in [0.717, 1.165) is 92.8 Å². The Labute approximate surface area is 261 Å². The number of nitrogens with one attached hydrogen (secondary N) is 1. The molecule has 0 saturated heterocycles. The molecule has 0 unspecified atom stereocenters. The van der Waals surface area contributed by atoms with Crippen LogP contribution in [0.4, 0.5) is 28.4 Å². The van der Waals surface area contributed by atoms with Crippen LogP contribution in [0.3, 0.4) is 0 Å². The molecule has 4 nitrogen and oxygen atoms in total. The van der Waals surface area contributed by atoms with Crippen molar-refractivity contribution in [3.8, 4) is 0 Å². The van der Waals surface area contributed by atoms with Crippen LogP contribution in [0.15, 0.2) is 106 Å². The molecule has 0 bridgehead atoms. The van der Waals surface area contributed by atoms with Crippen molar-refractivity contribution in [2.24, 2.45) is 10.2 Å². The molecule has 7 aromatic carbocycles. The first-order valence-corrected chi connectivity index (χ1v) is 15.0. The summed E-state index contributed by atoms with van der Waals surface area (Å²) in [5.74, 6) is 0. The Bertz CT molecular complexity index is 2460. The number of hydrogen-bond donors (Lipinski definition) is 3. The van der Waals surface area contributed by atoms with Crippen molar-refractivity contribution >= 4 is 97.3 Å². The molecule has 0 aliphatic carbocycles. The predicted octanol–water partition coefficient (Wildman–Crippen LogP) is 10.1. The number of thiol groups is 1. The molecular weight excluding hydrogens is 557 g/mol. The minimum Gasteiger partial charge on any atom is -0.398 e. The highest BCUT2D eigenvalue weighted by molar-refractivity contribution is 7.80. The number of azo groups is 1. The van der Waals surface area contributed by atoms with Crippen LogP contribution in [0.5, 0.6) is 0 Å². The molecule has 0 atom stereocenters. The Morgan fingerprint density at radius 1 is 0.659 bits per heavy atom. The van der Waals surface area contributed by atoms with Crippen LogP contribution in [-0.4, -0.2) is 0 Å². The highest BCUT2D eigenvalue weighted by Crippen LogP contribution is 2.37. The molecule has 0 aliphatic rings. The fourth-order valence-corrected chi connectivity index (χ4v) is 6.83. The summed E-state index contributed by atoms with van der Waals surface area (Å²) in [6.07, 6.45) is 0. The topological polar surface area (TPSA) is 62.8 Å². The zero-order valence-corrected chi connectivity index (χ0v) is 25.9. The Morgan fingerprint density at radius 2 is 1.36 bits per heavy atom. The van der Waals surface area contributed by atoms with Crippen molar-refractivity contribution in [3.05, 3.63) is 118 Å². The zero-order valence-electron chi connectivity index (χ0n) is 25.0. The maximum atomic E-state index is 6.34. The van der Waals surface area contributed by atoms with E-state index in [9.17, 15) is 0 Å². The number of nitrogen functional groups attached to an aromatic ring is 1. The first-order chi connectivity index (χ1) is 21.2. The van der Waals surface area contributed by atoms with E-state index >= 15 is 0 Å². The van der Waals surface area contributed by atoms with Gasteiger partial charge < -0.3 is 11.1 Å². The summed E-state index contributed by atoms with van der Waals surface area (Å²) in [6.45, 7) is 15.2. The summed E-state index contributed by atoms with van der Waals surface area (Å²) in [5, 5.41) is 23.5. The molecular formula is C39H32N4S. The third-order valence-corrected chi connectivity index (χ3v) is 9.10. The number of fused-ring (bicyclic) bond motifs is 4. The zero-order chi connectivity index (χ0) is 30.7. The molecule has 3 N–H and O–H groups in total. The van der Waals surface area contributed by atoms with Crippen molar-refractivity contribution in [2.45, 2.75) is 25.7 Å². The van der Waals surface area contributed by atoms with Crippen molar-refractivity contribution in [2.75, 3.05) is 11.1 Å². The standard InChI is InChI=1S/C39H32N4S/c1-21-17-26-9-6-7-11-30(26)24(4)38(21)43-42-29-14-16-32-22(2)33-19-28(13-15-31(33)23(3)34(32)20-29)41-39-25(5)37-27(18-36(39)44)10-8-12-35(37)40/h6-20,41,44H,2-3,40H2,1,4-5H3. The maximum Gasteiger partial charge on any atom is 0.0921 e. The van der Waals surface area contributed by atoms with Gasteiger partial charge in [-0.3, -0.25) is 0 Å². The number of hydrogen-bond acceptors (Lipinski definition) is 5. The summed E-state index contributed by atoms with van der Waals surface area (Å²) in [7, 11) is 0. The van der Waals surface area contributed by atoms with E-state index in [1.165, 1.54) is 10.8 Å². The van der Waals surface area contributed by atoms with E-state index in [0.29, 0.717) is 0 Å². The minimum atomic E-state index is 0.754. The molecule has 5 heteroatoms. The lowest BCUT2D eigenvalue weighted by molar-refractivity contribution is 1.20. The highest BCUT2D eigenvalue weighted by atomic mass is 32.1. The third-order valence-electron chi connectivity index (χ3n) is 8.75. The molecule has 0 amide bonds. The van der Waals surface area contributed by atoms with E-state index in [4.69, 9.17) is 23.5 Å². The second-order valence-corrected chi connectivity index (χ2v) is 12.0. The number of nitrogens with two attached hydrogens (primary N) is 1. The third kappa shape index (κ3) is 4.48. The molecule has 0 heterocycles. The van der Waals surface area contributed by atoms with Crippen molar-refractivity contribution in [3.63, 3.8) is 0 Å². The fourth-order valence-electron chi connectivity index (χ4n) is 6.46. The lowest BCUT2D eigenvalue weighted by atomic mass is 9.97. The molecule has 0 radical (unpaired) electrons. The van der Waals surface area contributed by atoms with Gasteiger partial charge in [0.15, 0.2) is 0 Å². The van der Waals surface area contributed by atoms with E-state index in [1.54, 1.807) is 0 Å². The first-order valence-electron chi connectivity index (χ1n) is 14.6. The van der Waals surface area contributed by atoms with E-state index in [-0.39, 0.29) is 0 Å². The largest absolute Gasteiger partial charge is 0.398 e. The lowest BCUT2D eigenvalue weighted by Crippen LogP contribution is -2.12. The second kappa shape index (κ2) is 10.5. The van der Waals surface area contributed by atoms with Crippen LogP contribution in [0.1, 0.15) is 16.7 Å². The molecule has 0 aromatic heterocycles.